The van der Waals surface area contributed by atoms with Gasteiger partial charge in [-0.2, -0.15) is 0 Å². The van der Waals surface area contributed by atoms with Crippen molar-refractivity contribution in [3.05, 3.63) is 29.8 Å². The van der Waals surface area contributed by atoms with Crippen LogP contribution >= 0.6 is 0 Å². The van der Waals surface area contributed by atoms with Crippen LogP contribution in [-0.2, 0) is 11.2 Å². The van der Waals surface area contributed by atoms with Crippen molar-refractivity contribution < 1.29 is 4.74 Å². The van der Waals surface area contributed by atoms with Gasteiger partial charge in [0.15, 0.2) is 0 Å². The van der Waals surface area contributed by atoms with Crippen LogP contribution in [0, 0.1) is 0 Å². The molecule has 1 saturated heterocycles. The Bertz CT molecular complexity index is 390. The lowest BCUT2D eigenvalue weighted by Gasteiger charge is -2.29. The van der Waals surface area contributed by atoms with Gasteiger partial charge < -0.3 is 15.4 Å². The summed E-state index contributed by atoms with van der Waals surface area (Å²) < 4.78 is 5.64. The normalized spacial score (nSPS) is 24.4. The van der Waals surface area contributed by atoms with E-state index in [0.717, 1.165) is 25.9 Å². The van der Waals surface area contributed by atoms with Gasteiger partial charge in [0.1, 0.15) is 0 Å². The molecule has 1 aliphatic heterocycles. The average molecular weight is 262 g/mol. The SMILES string of the molecule is CCC(N)Cc1ccc(N(C)C2CCOC2C)cc1. The van der Waals surface area contributed by atoms with E-state index in [1.54, 1.807) is 0 Å². The minimum atomic E-state index is 0.270. The van der Waals surface area contributed by atoms with Crippen molar-refractivity contribution in [1.82, 2.24) is 0 Å². The Hall–Kier alpha value is -1.06. The summed E-state index contributed by atoms with van der Waals surface area (Å²) in [7, 11) is 2.16. The number of likely N-dealkylation sites (N-methyl/N-ethyl adjacent to an activating group) is 1. The summed E-state index contributed by atoms with van der Waals surface area (Å²) in [6, 6.07) is 9.55. The summed E-state index contributed by atoms with van der Waals surface area (Å²) in [4.78, 5) is 2.33. The molecule has 0 spiro atoms. The lowest BCUT2D eigenvalue weighted by molar-refractivity contribution is 0.118. The van der Waals surface area contributed by atoms with Gasteiger partial charge in [0.05, 0.1) is 12.1 Å². The molecule has 2 N–H and O–H groups in total. The van der Waals surface area contributed by atoms with Crippen LogP contribution in [0.15, 0.2) is 24.3 Å². The standard InChI is InChI=1S/C16H26N2O/c1-4-14(17)11-13-5-7-15(8-6-13)18(3)16-9-10-19-12(16)2/h5-8,12,14,16H,4,9-11,17H2,1-3H3. The van der Waals surface area contributed by atoms with Crippen LogP contribution in [0.5, 0.6) is 0 Å². The van der Waals surface area contributed by atoms with Crippen LogP contribution in [-0.4, -0.2) is 31.8 Å². The highest BCUT2D eigenvalue weighted by Crippen LogP contribution is 2.24. The molecule has 1 heterocycles. The number of anilines is 1. The van der Waals surface area contributed by atoms with Gasteiger partial charge >= 0.3 is 0 Å². The van der Waals surface area contributed by atoms with E-state index in [1.165, 1.54) is 11.3 Å². The van der Waals surface area contributed by atoms with E-state index in [4.69, 9.17) is 10.5 Å². The Morgan fingerprint density at radius 2 is 2.05 bits per heavy atom. The summed E-state index contributed by atoms with van der Waals surface area (Å²) in [5.41, 5.74) is 8.58. The third-order valence-electron chi connectivity index (χ3n) is 4.20. The molecule has 0 saturated carbocycles. The van der Waals surface area contributed by atoms with Crippen molar-refractivity contribution in [2.75, 3.05) is 18.6 Å². The summed E-state index contributed by atoms with van der Waals surface area (Å²) in [5.74, 6) is 0. The molecule has 3 nitrogen and oxygen atoms in total. The van der Waals surface area contributed by atoms with Gasteiger partial charge in [-0.05, 0) is 43.9 Å². The molecule has 19 heavy (non-hydrogen) atoms. The molecule has 0 aromatic heterocycles. The maximum absolute atomic E-state index is 5.99. The first kappa shape index (κ1) is 14.4. The molecular formula is C16H26N2O. The zero-order valence-corrected chi connectivity index (χ0v) is 12.3. The highest BCUT2D eigenvalue weighted by atomic mass is 16.5. The van der Waals surface area contributed by atoms with E-state index in [9.17, 15) is 0 Å². The third kappa shape index (κ3) is 3.48. The monoisotopic (exact) mass is 262 g/mol. The van der Waals surface area contributed by atoms with Crippen molar-refractivity contribution in [3.63, 3.8) is 0 Å². The Morgan fingerprint density at radius 1 is 1.37 bits per heavy atom. The molecule has 0 aliphatic carbocycles. The quantitative estimate of drug-likeness (QED) is 0.886. The van der Waals surface area contributed by atoms with Crippen molar-refractivity contribution in [3.8, 4) is 0 Å². The van der Waals surface area contributed by atoms with Crippen molar-refractivity contribution in [2.45, 2.75) is 51.3 Å². The van der Waals surface area contributed by atoms with E-state index in [-0.39, 0.29) is 6.04 Å². The molecule has 1 fully saturated rings. The van der Waals surface area contributed by atoms with Gasteiger partial charge in [-0.3, -0.25) is 0 Å². The van der Waals surface area contributed by atoms with Gasteiger partial charge in [-0.1, -0.05) is 19.1 Å². The van der Waals surface area contributed by atoms with Crippen LogP contribution in [0.1, 0.15) is 32.3 Å². The van der Waals surface area contributed by atoms with Crippen LogP contribution in [0.25, 0.3) is 0 Å². The zero-order valence-electron chi connectivity index (χ0n) is 12.3. The van der Waals surface area contributed by atoms with E-state index < -0.39 is 0 Å². The van der Waals surface area contributed by atoms with E-state index >= 15 is 0 Å². The Balaban J connectivity index is 2.01. The molecule has 1 aromatic rings. The smallest absolute Gasteiger partial charge is 0.0750 e. The minimum Gasteiger partial charge on any atom is -0.376 e. The molecule has 2 rings (SSSR count). The molecule has 0 bridgehead atoms. The Morgan fingerprint density at radius 3 is 2.58 bits per heavy atom. The van der Waals surface area contributed by atoms with E-state index in [1.807, 2.05) is 0 Å². The zero-order chi connectivity index (χ0) is 13.8. The number of rotatable bonds is 5. The first-order valence-electron chi connectivity index (χ1n) is 7.30. The molecule has 3 atom stereocenters. The lowest BCUT2D eigenvalue weighted by Crippen LogP contribution is -2.36. The first-order valence-corrected chi connectivity index (χ1v) is 7.30. The minimum absolute atomic E-state index is 0.270. The molecule has 1 aromatic carbocycles. The van der Waals surface area contributed by atoms with Crippen LogP contribution < -0.4 is 10.6 Å². The fourth-order valence-electron chi connectivity index (χ4n) is 2.73. The summed E-state index contributed by atoms with van der Waals surface area (Å²) in [6.45, 7) is 5.16. The van der Waals surface area contributed by atoms with Crippen LogP contribution in [0.2, 0.25) is 0 Å². The molecule has 3 unspecified atom stereocenters. The molecular weight excluding hydrogens is 236 g/mol. The lowest BCUT2D eigenvalue weighted by atomic mass is 10.0. The van der Waals surface area contributed by atoms with Crippen molar-refractivity contribution >= 4 is 5.69 Å². The van der Waals surface area contributed by atoms with Gasteiger partial charge in [0, 0.05) is 25.4 Å². The first-order chi connectivity index (χ1) is 9.11. The second-order valence-electron chi connectivity index (χ2n) is 5.58. The fraction of sp³-hybridized carbons (Fsp3) is 0.625. The number of ether oxygens (including phenoxy) is 1. The van der Waals surface area contributed by atoms with Gasteiger partial charge in [-0.25, -0.2) is 0 Å². The molecule has 3 heteroatoms. The fourth-order valence-corrected chi connectivity index (χ4v) is 2.73. The maximum atomic E-state index is 5.99. The average Bonchev–Trinajstić information content (AvgIpc) is 2.85. The van der Waals surface area contributed by atoms with Gasteiger partial charge in [0.2, 0.25) is 0 Å². The highest BCUT2D eigenvalue weighted by Gasteiger charge is 2.27. The molecule has 0 amide bonds. The topological polar surface area (TPSA) is 38.5 Å². The van der Waals surface area contributed by atoms with Crippen molar-refractivity contribution in [2.24, 2.45) is 5.73 Å². The Labute approximate surface area is 116 Å². The number of hydrogen-bond donors (Lipinski definition) is 1. The summed E-state index contributed by atoms with van der Waals surface area (Å²) in [6.07, 6.45) is 3.42. The predicted molar refractivity (Wildman–Crippen MR) is 80.6 cm³/mol. The largest absolute Gasteiger partial charge is 0.376 e. The third-order valence-corrected chi connectivity index (χ3v) is 4.20. The maximum Gasteiger partial charge on any atom is 0.0750 e. The summed E-state index contributed by atoms with van der Waals surface area (Å²) in [5, 5.41) is 0. The second-order valence-corrected chi connectivity index (χ2v) is 5.58. The number of nitrogens with two attached hydrogens (primary N) is 1. The van der Waals surface area contributed by atoms with Crippen LogP contribution in [0.3, 0.4) is 0 Å². The molecule has 1 aliphatic rings. The summed E-state index contributed by atoms with van der Waals surface area (Å²) >= 11 is 0. The number of hydrogen-bond acceptors (Lipinski definition) is 3. The number of nitrogens with zero attached hydrogens (tertiary/aromatic N) is 1. The predicted octanol–water partition coefficient (Wildman–Crippen LogP) is 2.58. The van der Waals surface area contributed by atoms with E-state index in [2.05, 4.69) is 50.1 Å². The number of benzene rings is 1. The highest BCUT2D eigenvalue weighted by molar-refractivity contribution is 5.48. The molecule has 0 radical (unpaired) electrons. The van der Waals surface area contributed by atoms with E-state index in [0.29, 0.717) is 12.1 Å². The van der Waals surface area contributed by atoms with Gasteiger partial charge in [-0.15, -0.1) is 0 Å². The van der Waals surface area contributed by atoms with Gasteiger partial charge in [0.25, 0.3) is 0 Å². The molecule has 106 valence electrons. The Kier molecular flexibility index (Phi) is 4.83. The van der Waals surface area contributed by atoms with Crippen LogP contribution in [0.4, 0.5) is 5.69 Å². The second kappa shape index (κ2) is 6.40. The van der Waals surface area contributed by atoms with Crippen molar-refractivity contribution in [1.29, 1.82) is 0 Å².